The van der Waals surface area contributed by atoms with Crippen LogP contribution in [0.5, 0.6) is 0 Å². The summed E-state index contributed by atoms with van der Waals surface area (Å²) in [5.41, 5.74) is 2.14. The zero-order chi connectivity index (χ0) is 31.2. The molecule has 0 radical (unpaired) electrons. The molecule has 2 saturated carbocycles. The van der Waals surface area contributed by atoms with Crippen LogP contribution in [0, 0.1) is 0 Å². The quantitative estimate of drug-likeness (QED) is 0.110. The van der Waals surface area contributed by atoms with E-state index in [4.69, 9.17) is 0 Å². The van der Waals surface area contributed by atoms with Crippen molar-refractivity contribution in [3.63, 3.8) is 0 Å². The van der Waals surface area contributed by atoms with Gasteiger partial charge in [-0.25, -0.2) is 0 Å². The fourth-order valence-corrected chi connectivity index (χ4v) is 21.5. The third-order valence-corrected chi connectivity index (χ3v) is 22.6. The maximum Gasteiger partial charge on any atom is -0.0195 e. The first-order valence-corrected chi connectivity index (χ1v) is 24.7. The van der Waals surface area contributed by atoms with E-state index in [1.54, 1.807) is 53.1 Å². The fraction of sp³-hybridized carbons (Fsp3) is 0.429. The number of hydrogen-bond donors (Lipinski definition) is 0. The normalized spacial score (nSPS) is 16.5. The van der Waals surface area contributed by atoms with Crippen LogP contribution < -0.4 is 21.2 Å². The molecule has 0 bridgehead atoms. The second-order valence-electron chi connectivity index (χ2n) is 13.3. The molecule has 2 aliphatic rings. The van der Waals surface area contributed by atoms with Crippen molar-refractivity contribution in [2.75, 3.05) is 37.0 Å². The molecule has 0 spiro atoms. The lowest BCUT2D eigenvalue weighted by Gasteiger charge is -2.39. The number of benzene rings is 4. The summed E-state index contributed by atoms with van der Waals surface area (Å²) in [4.78, 5) is 0. The summed E-state index contributed by atoms with van der Waals surface area (Å²) < 4.78 is 0. The summed E-state index contributed by atoms with van der Waals surface area (Å²) in [5.74, 6) is 0. The largest absolute Gasteiger partial charge is 0.106 e. The van der Waals surface area contributed by atoms with Crippen molar-refractivity contribution in [2.45, 2.75) is 75.5 Å². The van der Waals surface area contributed by atoms with E-state index < -0.39 is 0 Å². The maximum atomic E-state index is 2.40. The van der Waals surface area contributed by atoms with Gasteiger partial charge in [-0.15, -0.1) is 7.92 Å². The van der Waals surface area contributed by atoms with Crippen LogP contribution in [0.1, 0.15) is 64.2 Å². The first-order valence-electron chi connectivity index (χ1n) is 18.1. The molecule has 0 amide bonds. The Morgan fingerprint density at radius 1 is 0.348 bits per heavy atom. The van der Waals surface area contributed by atoms with E-state index in [9.17, 15) is 0 Å². The van der Waals surface area contributed by atoms with Gasteiger partial charge in [0.2, 0.25) is 0 Å². The molecule has 0 atom stereocenters. The highest BCUT2D eigenvalue weighted by Gasteiger charge is 2.31. The van der Waals surface area contributed by atoms with Crippen LogP contribution in [-0.2, 0) is 0 Å². The van der Waals surface area contributed by atoms with Gasteiger partial charge in [0.05, 0.1) is 0 Å². The Morgan fingerprint density at radius 2 is 0.652 bits per heavy atom. The topological polar surface area (TPSA) is 0 Å². The molecule has 6 rings (SSSR count). The van der Waals surface area contributed by atoms with Gasteiger partial charge in [0.15, 0.2) is 0 Å². The summed E-state index contributed by atoms with van der Waals surface area (Å²) in [6.45, 7) is 0. The van der Waals surface area contributed by atoms with Crippen LogP contribution >= 0.6 is 31.7 Å². The van der Waals surface area contributed by atoms with E-state index in [0.717, 1.165) is 11.3 Å². The molecule has 46 heavy (non-hydrogen) atoms. The molecule has 0 aliphatic heterocycles. The Bertz CT molecular complexity index is 1180. The van der Waals surface area contributed by atoms with Gasteiger partial charge >= 0.3 is 0 Å². The van der Waals surface area contributed by atoms with Crippen molar-refractivity contribution in [1.82, 2.24) is 0 Å². The lowest BCUT2D eigenvalue weighted by Crippen LogP contribution is -2.23. The third kappa shape index (κ3) is 10.1. The van der Waals surface area contributed by atoms with Crippen LogP contribution in [0.4, 0.5) is 0 Å². The Morgan fingerprint density at radius 3 is 0.978 bits per heavy atom. The SMILES string of the molecule is c1ccc(P(CCP(CCP(c2ccccc2)c2ccccc2)CCP(C2CCCCC2)C2CCCCC2)c2ccccc2)cc1. The van der Waals surface area contributed by atoms with Gasteiger partial charge < -0.3 is 0 Å². The van der Waals surface area contributed by atoms with Gasteiger partial charge in [-0.2, -0.15) is 0 Å². The van der Waals surface area contributed by atoms with E-state index in [1.165, 1.54) is 69.3 Å². The van der Waals surface area contributed by atoms with E-state index in [0.29, 0.717) is 0 Å². The molecule has 0 heterocycles. The van der Waals surface area contributed by atoms with Crippen LogP contribution in [0.15, 0.2) is 121 Å². The van der Waals surface area contributed by atoms with Gasteiger partial charge in [-0.1, -0.05) is 168 Å². The van der Waals surface area contributed by atoms with Crippen molar-refractivity contribution >= 4 is 52.9 Å². The van der Waals surface area contributed by atoms with Crippen molar-refractivity contribution in [3.8, 4) is 0 Å². The average Bonchev–Trinajstić information content (AvgIpc) is 3.14. The fourth-order valence-electron chi connectivity index (χ4n) is 7.81. The molecule has 2 fully saturated rings. The van der Waals surface area contributed by atoms with Crippen molar-refractivity contribution in [3.05, 3.63) is 121 Å². The minimum atomic E-state index is -0.321. The molecule has 0 unspecified atom stereocenters. The Balaban J connectivity index is 1.23. The predicted octanol–water partition coefficient (Wildman–Crippen LogP) is 10.9. The second kappa shape index (κ2) is 19.0. The average molecular weight is 683 g/mol. The highest BCUT2D eigenvalue weighted by atomic mass is 31.1. The minimum absolute atomic E-state index is 0.0131. The summed E-state index contributed by atoms with van der Waals surface area (Å²) in [7, 11) is -0.485. The molecule has 2 aliphatic carbocycles. The van der Waals surface area contributed by atoms with Crippen LogP contribution in [0.2, 0.25) is 0 Å². The van der Waals surface area contributed by atoms with Gasteiger partial charge in [-0.3, -0.25) is 0 Å². The standard InChI is InChI=1S/C42H54P4/c1-7-19-37(20-8-1)44(38-21-9-2-10-22-38)34-31-43(32-35-45(39-23-11-3-12-24-39)40-25-13-4-14-26-40)33-36-46(41-27-15-5-16-28-41)42-29-17-6-18-30-42/h1-4,7-14,19-26,41-42H,5-6,15-18,27-36H2. The first-order chi connectivity index (χ1) is 22.8. The lowest BCUT2D eigenvalue weighted by atomic mass is 9.99. The highest BCUT2D eigenvalue weighted by molar-refractivity contribution is 7.75. The molecule has 0 N–H and O–H groups in total. The highest BCUT2D eigenvalue weighted by Crippen LogP contribution is 2.58. The molecule has 242 valence electrons. The Labute approximate surface area is 285 Å². The molecule has 4 aromatic carbocycles. The summed E-state index contributed by atoms with van der Waals surface area (Å²) >= 11 is 0. The van der Waals surface area contributed by atoms with Crippen molar-refractivity contribution in [2.24, 2.45) is 0 Å². The van der Waals surface area contributed by atoms with E-state index in [2.05, 4.69) is 121 Å². The first kappa shape index (κ1) is 34.5. The number of hydrogen-bond acceptors (Lipinski definition) is 0. The van der Waals surface area contributed by atoms with Gasteiger partial charge in [0.1, 0.15) is 0 Å². The summed E-state index contributed by atoms with van der Waals surface area (Å²) in [6.07, 6.45) is 23.8. The smallest absolute Gasteiger partial charge is 0.0195 e. The molecule has 4 heteroatoms. The van der Waals surface area contributed by atoms with E-state index >= 15 is 0 Å². The van der Waals surface area contributed by atoms with Crippen LogP contribution in [0.25, 0.3) is 0 Å². The Hall–Kier alpha value is -1.40. The van der Waals surface area contributed by atoms with Crippen molar-refractivity contribution < 1.29 is 0 Å². The molecular formula is C42H54P4. The lowest BCUT2D eigenvalue weighted by molar-refractivity contribution is 0.484. The van der Waals surface area contributed by atoms with Crippen LogP contribution in [0.3, 0.4) is 0 Å². The molecule has 0 saturated heterocycles. The Kier molecular flexibility index (Phi) is 14.2. The van der Waals surface area contributed by atoms with Gasteiger partial charge in [-0.05, 0) is 111 Å². The van der Waals surface area contributed by atoms with Crippen LogP contribution in [-0.4, -0.2) is 48.3 Å². The minimum Gasteiger partial charge on any atom is -0.106 e. The van der Waals surface area contributed by atoms with Gasteiger partial charge in [0, 0.05) is 0 Å². The molecular weight excluding hydrogens is 628 g/mol. The zero-order valence-corrected chi connectivity index (χ0v) is 31.4. The van der Waals surface area contributed by atoms with E-state index in [1.807, 2.05) is 0 Å². The third-order valence-electron chi connectivity index (χ3n) is 10.3. The zero-order valence-electron chi connectivity index (χ0n) is 27.8. The van der Waals surface area contributed by atoms with Crippen molar-refractivity contribution in [1.29, 1.82) is 0 Å². The molecule has 0 aromatic heterocycles. The van der Waals surface area contributed by atoms with E-state index in [-0.39, 0.29) is 31.7 Å². The monoisotopic (exact) mass is 682 g/mol. The maximum absolute atomic E-state index is 2.40. The molecule has 0 nitrogen and oxygen atoms in total. The predicted molar refractivity (Wildman–Crippen MR) is 215 cm³/mol. The summed E-state index contributed by atoms with van der Waals surface area (Å²) in [5, 5.41) is 6.23. The second-order valence-corrected chi connectivity index (χ2v) is 23.6. The number of rotatable bonds is 15. The van der Waals surface area contributed by atoms with Gasteiger partial charge in [0.25, 0.3) is 0 Å². The summed E-state index contributed by atoms with van der Waals surface area (Å²) in [6, 6.07) is 46.0. The molecule has 4 aromatic rings.